The number of nitrogens with one attached hydrogen (secondary N) is 1. The van der Waals surface area contributed by atoms with Crippen LogP contribution in [0, 0.1) is 12.3 Å². The van der Waals surface area contributed by atoms with Gasteiger partial charge in [0.25, 0.3) is 0 Å². The summed E-state index contributed by atoms with van der Waals surface area (Å²) in [7, 11) is 0. The van der Waals surface area contributed by atoms with Crippen molar-refractivity contribution >= 4 is 11.3 Å². The maximum absolute atomic E-state index is 4.48. The maximum Gasteiger partial charge on any atom is 0.107 e. The number of nitrogens with zero attached hydrogens (tertiary/aromatic N) is 1. The minimum atomic E-state index is 0.590. The van der Waals surface area contributed by atoms with Gasteiger partial charge in [-0.05, 0) is 31.6 Å². The van der Waals surface area contributed by atoms with Gasteiger partial charge in [0.2, 0.25) is 0 Å². The molecule has 1 N–H and O–H groups in total. The van der Waals surface area contributed by atoms with E-state index in [1.54, 1.807) is 11.3 Å². The fraction of sp³-hybridized carbons (Fsp3) is 0.769. The summed E-state index contributed by atoms with van der Waals surface area (Å²) in [5.41, 5.74) is 1.74. The van der Waals surface area contributed by atoms with E-state index in [4.69, 9.17) is 0 Å². The lowest BCUT2D eigenvalue weighted by molar-refractivity contribution is 0.268. The van der Waals surface area contributed by atoms with E-state index in [2.05, 4.69) is 29.5 Å². The van der Waals surface area contributed by atoms with Gasteiger partial charge in [0.15, 0.2) is 0 Å². The summed E-state index contributed by atoms with van der Waals surface area (Å²) in [4.78, 5) is 4.48. The van der Waals surface area contributed by atoms with Crippen LogP contribution in [-0.2, 0) is 6.54 Å². The Labute approximate surface area is 102 Å². The highest BCUT2D eigenvalue weighted by molar-refractivity contribution is 7.09. The van der Waals surface area contributed by atoms with Crippen LogP contribution in [0.2, 0.25) is 0 Å². The lowest BCUT2D eigenvalue weighted by Gasteiger charge is -2.27. The van der Waals surface area contributed by atoms with Crippen molar-refractivity contribution in [2.45, 2.75) is 52.5 Å². The second-order valence-electron chi connectivity index (χ2n) is 5.05. The summed E-state index contributed by atoms with van der Waals surface area (Å²) in [6.07, 6.45) is 6.98. The summed E-state index contributed by atoms with van der Waals surface area (Å²) in [5.74, 6) is 0. The van der Waals surface area contributed by atoms with E-state index in [1.165, 1.54) is 43.7 Å². The van der Waals surface area contributed by atoms with Crippen molar-refractivity contribution in [1.29, 1.82) is 0 Å². The van der Waals surface area contributed by atoms with Crippen molar-refractivity contribution in [3.05, 3.63) is 16.1 Å². The average molecular weight is 238 g/mol. The molecule has 1 aromatic rings. The zero-order valence-corrected chi connectivity index (χ0v) is 11.2. The topological polar surface area (TPSA) is 24.9 Å². The Kier molecular flexibility index (Phi) is 3.98. The first-order chi connectivity index (χ1) is 7.74. The average Bonchev–Trinajstić information content (AvgIpc) is 2.89. The van der Waals surface area contributed by atoms with Crippen LogP contribution >= 0.6 is 11.3 Å². The van der Waals surface area contributed by atoms with Gasteiger partial charge < -0.3 is 5.32 Å². The van der Waals surface area contributed by atoms with E-state index >= 15 is 0 Å². The second kappa shape index (κ2) is 5.28. The van der Waals surface area contributed by atoms with Gasteiger partial charge in [-0.15, -0.1) is 11.3 Å². The third-order valence-electron chi connectivity index (χ3n) is 3.86. The Morgan fingerprint density at radius 2 is 2.19 bits per heavy atom. The molecule has 3 heteroatoms. The zero-order chi connectivity index (χ0) is 11.4. The summed E-state index contributed by atoms with van der Waals surface area (Å²) >= 11 is 1.76. The smallest absolute Gasteiger partial charge is 0.107 e. The number of rotatable bonds is 5. The standard InChI is InChI=1S/C13H22N2S/c1-3-13(6-4-5-7-13)10-14-8-12-15-11(2)9-16-12/h9,14H,3-8,10H2,1-2H3. The third-order valence-corrected chi connectivity index (χ3v) is 4.82. The first-order valence-electron chi connectivity index (χ1n) is 6.36. The molecule has 1 saturated carbocycles. The van der Waals surface area contributed by atoms with Gasteiger partial charge in [-0.1, -0.05) is 19.8 Å². The van der Waals surface area contributed by atoms with Gasteiger partial charge in [0.1, 0.15) is 5.01 Å². The lowest BCUT2D eigenvalue weighted by atomic mass is 9.83. The summed E-state index contributed by atoms with van der Waals surface area (Å²) < 4.78 is 0. The number of hydrogen-bond acceptors (Lipinski definition) is 3. The summed E-state index contributed by atoms with van der Waals surface area (Å²) in [6.45, 7) is 6.51. The molecule has 90 valence electrons. The molecule has 1 heterocycles. The molecule has 0 amide bonds. The van der Waals surface area contributed by atoms with Crippen molar-refractivity contribution in [1.82, 2.24) is 10.3 Å². The van der Waals surface area contributed by atoms with E-state index in [0.29, 0.717) is 5.41 Å². The first kappa shape index (κ1) is 12.1. The molecule has 0 atom stereocenters. The molecule has 1 aromatic heterocycles. The fourth-order valence-electron chi connectivity index (χ4n) is 2.70. The van der Waals surface area contributed by atoms with Crippen LogP contribution in [0.5, 0.6) is 0 Å². The molecule has 0 unspecified atom stereocenters. The SMILES string of the molecule is CCC1(CNCc2nc(C)cs2)CCCC1. The van der Waals surface area contributed by atoms with E-state index in [0.717, 1.165) is 12.2 Å². The van der Waals surface area contributed by atoms with Crippen molar-refractivity contribution in [2.24, 2.45) is 5.41 Å². The molecule has 2 nitrogen and oxygen atoms in total. The van der Waals surface area contributed by atoms with Crippen LogP contribution in [-0.4, -0.2) is 11.5 Å². The van der Waals surface area contributed by atoms with E-state index in [1.807, 2.05) is 0 Å². The van der Waals surface area contributed by atoms with Gasteiger partial charge in [-0.25, -0.2) is 4.98 Å². The number of hydrogen-bond donors (Lipinski definition) is 1. The van der Waals surface area contributed by atoms with E-state index < -0.39 is 0 Å². The minimum Gasteiger partial charge on any atom is -0.310 e. The van der Waals surface area contributed by atoms with Crippen LogP contribution < -0.4 is 5.32 Å². The van der Waals surface area contributed by atoms with Crippen LogP contribution in [0.15, 0.2) is 5.38 Å². The molecule has 1 aliphatic rings. The van der Waals surface area contributed by atoms with Gasteiger partial charge >= 0.3 is 0 Å². The predicted octanol–water partition coefficient (Wildman–Crippen LogP) is 3.51. The molecule has 0 aromatic carbocycles. The van der Waals surface area contributed by atoms with E-state index in [-0.39, 0.29) is 0 Å². The molecule has 0 saturated heterocycles. The third kappa shape index (κ3) is 2.83. The van der Waals surface area contributed by atoms with Crippen LogP contribution in [0.4, 0.5) is 0 Å². The Hall–Kier alpha value is -0.410. The zero-order valence-electron chi connectivity index (χ0n) is 10.4. The highest BCUT2D eigenvalue weighted by Gasteiger charge is 2.31. The quantitative estimate of drug-likeness (QED) is 0.849. The van der Waals surface area contributed by atoms with Gasteiger partial charge in [0, 0.05) is 24.2 Å². The largest absolute Gasteiger partial charge is 0.310 e. The van der Waals surface area contributed by atoms with Crippen LogP contribution in [0.3, 0.4) is 0 Å². The van der Waals surface area contributed by atoms with Crippen molar-refractivity contribution in [3.63, 3.8) is 0 Å². The predicted molar refractivity (Wildman–Crippen MR) is 69.7 cm³/mol. The van der Waals surface area contributed by atoms with Crippen molar-refractivity contribution in [3.8, 4) is 0 Å². The van der Waals surface area contributed by atoms with Crippen molar-refractivity contribution < 1.29 is 0 Å². The van der Waals surface area contributed by atoms with Crippen LogP contribution in [0.1, 0.15) is 49.7 Å². The fourth-order valence-corrected chi connectivity index (χ4v) is 3.44. The monoisotopic (exact) mass is 238 g/mol. The Balaban J connectivity index is 1.78. The number of aryl methyl sites for hydroxylation is 1. The molecular formula is C13H22N2S. The van der Waals surface area contributed by atoms with E-state index in [9.17, 15) is 0 Å². The Morgan fingerprint density at radius 3 is 2.75 bits per heavy atom. The van der Waals surface area contributed by atoms with Crippen LogP contribution in [0.25, 0.3) is 0 Å². The Bertz CT molecular complexity index is 326. The lowest BCUT2D eigenvalue weighted by Crippen LogP contribution is -2.31. The first-order valence-corrected chi connectivity index (χ1v) is 7.24. The Morgan fingerprint density at radius 1 is 1.44 bits per heavy atom. The molecule has 16 heavy (non-hydrogen) atoms. The molecule has 0 bridgehead atoms. The number of aromatic nitrogens is 1. The summed E-state index contributed by atoms with van der Waals surface area (Å²) in [6, 6.07) is 0. The highest BCUT2D eigenvalue weighted by atomic mass is 32.1. The summed E-state index contributed by atoms with van der Waals surface area (Å²) in [5, 5.41) is 6.95. The molecule has 0 spiro atoms. The molecular weight excluding hydrogens is 216 g/mol. The molecule has 2 rings (SSSR count). The van der Waals surface area contributed by atoms with Gasteiger partial charge in [0.05, 0.1) is 0 Å². The molecule has 1 fully saturated rings. The molecule has 0 radical (unpaired) electrons. The number of thiazole rings is 1. The van der Waals surface area contributed by atoms with Gasteiger partial charge in [-0.2, -0.15) is 0 Å². The minimum absolute atomic E-state index is 0.590. The molecule has 0 aliphatic heterocycles. The highest BCUT2D eigenvalue weighted by Crippen LogP contribution is 2.40. The normalized spacial score (nSPS) is 19.1. The van der Waals surface area contributed by atoms with Gasteiger partial charge in [-0.3, -0.25) is 0 Å². The molecule has 1 aliphatic carbocycles. The second-order valence-corrected chi connectivity index (χ2v) is 5.99. The maximum atomic E-state index is 4.48. The van der Waals surface area contributed by atoms with Crippen molar-refractivity contribution in [2.75, 3.05) is 6.54 Å².